The number of thiophene rings is 1. The SMILES string of the molecule is O=C(NCC1CCCO1)C(c1ccccc1)N(C(=O)Cc1cccs1)c1cccnc1. The minimum atomic E-state index is -0.806. The molecule has 1 aliphatic heterocycles. The molecule has 4 rings (SSSR count). The van der Waals surface area contributed by atoms with E-state index in [2.05, 4.69) is 10.3 Å². The predicted molar refractivity (Wildman–Crippen MR) is 121 cm³/mol. The molecule has 1 N–H and O–H groups in total. The topological polar surface area (TPSA) is 71.5 Å². The van der Waals surface area contributed by atoms with E-state index >= 15 is 0 Å². The van der Waals surface area contributed by atoms with Gasteiger partial charge in [0.25, 0.3) is 0 Å². The molecule has 3 heterocycles. The molecule has 0 radical (unpaired) electrons. The summed E-state index contributed by atoms with van der Waals surface area (Å²) in [5.41, 5.74) is 1.33. The number of nitrogens with one attached hydrogen (secondary N) is 1. The summed E-state index contributed by atoms with van der Waals surface area (Å²) in [4.78, 5) is 33.6. The Morgan fingerprint density at radius 1 is 1.16 bits per heavy atom. The highest BCUT2D eigenvalue weighted by atomic mass is 32.1. The van der Waals surface area contributed by atoms with Crippen LogP contribution in [0.2, 0.25) is 0 Å². The van der Waals surface area contributed by atoms with Gasteiger partial charge in [0.05, 0.1) is 24.4 Å². The molecule has 2 aromatic heterocycles. The summed E-state index contributed by atoms with van der Waals surface area (Å²) >= 11 is 1.53. The molecular weight excluding hydrogens is 410 g/mol. The molecule has 1 saturated heterocycles. The first kappa shape index (κ1) is 21.2. The zero-order valence-electron chi connectivity index (χ0n) is 17.1. The molecule has 0 saturated carbocycles. The number of amides is 2. The number of benzene rings is 1. The van der Waals surface area contributed by atoms with E-state index in [9.17, 15) is 9.59 Å². The van der Waals surface area contributed by atoms with E-state index in [4.69, 9.17) is 4.74 Å². The molecule has 160 valence electrons. The second-order valence-corrected chi connectivity index (χ2v) is 8.46. The molecule has 2 unspecified atom stereocenters. The maximum atomic E-state index is 13.5. The van der Waals surface area contributed by atoms with Crippen molar-refractivity contribution in [2.45, 2.75) is 31.4 Å². The highest BCUT2D eigenvalue weighted by molar-refractivity contribution is 7.10. The van der Waals surface area contributed by atoms with Crippen molar-refractivity contribution >= 4 is 28.8 Å². The van der Waals surface area contributed by atoms with Crippen LogP contribution in [0.25, 0.3) is 0 Å². The van der Waals surface area contributed by atoms with Gasteiger partial charge in [-0.05, 0) is 42.0 Å². The Morgan fingerprint density at radius 2 is 2.03 bits per heavy atom. The molecule has 31 heavy (non-hydrogen) atoms. The zero-order chi connectivity index (χ0) is 21.5. The van der Waals surface area contributed by atoms with Crippen LogP contribution in [0.1, 0.15) is 29.3 Å². The Hall–Kier alpha value is -3.03. The van der Waals surface area contributed by atoms with E-state index in [1.54, 1.807) is 23.4 Å². The molecule has 0 bridgehead atoms. The lowest BCUT2D eigenvalue weighted by atomic mass is 10.0. The van der Waals surface area contributed by atoms with E-state index in [-0.39, 0.29) is 24.3 Å². The van der Waals surface area contributed by atoms with E-state index in [1.165, 1.54) is 11.3 Å². The molecule has 3 aromatic rings. The highest BCUT2D eigenvalue weighted by Crippen LogP contribution is 2.29. The Morgan fingerprint density at radius 3 is 2.71 bits per heavy atom. The van der Waals surface area contributed by atoms with Crippen LogP contribution in [0.15, 0.2) is 72.4 Å². The molecule has 7 heteroatoms. The van der Waals surface area contributed by atoms with Gasteiger partial charge in [-0.1, -0.05) is 36.4 Å². The van der Waals surface area contributed by atoms with Crippen LogP contribution in [0.3, 0.4) is 0 Å². The van der Waals surface area contributed by atoms with Gasteiger partial charge in [-0.25, -0.2) is 0 Å². The van der Waals surface area contributed by atoms with Gasteiger partial charge in [0.1, 0.15) is 6.04 Å². The van der Waals surface area contributed by atoms with Gasteiger partial charge in [0.2, 0.25) is 11.8 Å². The lowest BCUT2D eigenvalue weighted by Crippen LogP contribution is -2.46. The predicted octanol–water partition coefficient (Wildman–Crippen LogP) is 3.76. The Labute approximate surface area is 185 Å². The number of pyridine rings is 1. The second-order valence-electron chi connectivity index (χ2n) is 7.42. The van der Waals surface area contributed by atoms with Crippen LogP contribution in [-0.2, 0) is 20.7 Å². The number of rotatable bonds is 8. The minimum absolute atomic E-state index is 0.0223. The molecule has 2 amide bonds. The van der Waals surface area contributed by atoms with Crippen LogP contribution < -0.4 is 10.2 Å². The van der Waals surface area contributed by atoms with Gasteiger partial charge in [-0.3, -0.25) is 19.5 Å². The van der Waals surface area contributed by atoms with Crippen molar-refractivity contribution in [3.63, 3.8) is 0 Å². The third kappa shape index (κ3) is 5.37. The number of carbonyl (C=O) groups is 2. The van der Waals surface area contributed by atoms with Crippen molar-refractivity contribution in [3.05, 3.63) is 82.8 Å². The lowest BCUT2D eigenvalue weighted by Gasteiger charge is -2.31. The summed E-state index contributed by atoms with van der Waals surface area (Å²) in [6.45, 7) is 1.16. The summed E-state index contributed by atoms with van der Waals surface area (Å²) in [6, 6.07) is 16.0. The van der Waals surface area contributed by atoms with Crippen molar-refractivity contribution < 1.29 is 14.3 Å². The van der Waals surface area contributed by atoms with E-state index < -0.39 is 6.04 Å². The number of hydrogen-bond donors (Lipinski definition) is 1. The largest absolute Gasteiger partial charge is 0.376 e. The standard InChI is InChI=1S/C24H25N3O3S/c28-22(15-21-11-6-14-31-21)27(19-9-4-12-25-16-19)23(18-7-2-1-3-8-18)24(29)26-17-20-10-5-13-30-20/h1-4,6-9,11-12,14,16,20,23H,5,10,13,15,17H2,(H,26,29). The van der Waals surface area contributed by atoms with Crippen molar-refractivity contribution in [2.24, 2.45) is 0 Å². The van der Waals surface area contributed by atoms with Gasteiger partial charge in [-0.2, -0.15) is 0 Å². The first-order chi connectivity index (χ1) is 15.2. The summed E-state index contributed by atoms with van der Waals surface area (Å²) in [5, 5.41) is 4.96. The minimum Gasteiger partial charge on any atom is -0.376 e. The molecule has 0 spiro atoms. The number of carbonyl (C=O) groups excluding carboxylic acids is 2. The maximum Gasteiger partial charge on any atom is 0.247 e. The first-order valence-corrected chi connectivity index (χ1v) is 11.3. The lowest BCUT2D eigenvalue weighted by molar-refractivity contribution is -0.126. The monoisotopic (exact) mass is 435 g/mol. The quantitative estimate of drug-likeness (QED) is 0.585. The third-order valence-corrected chi connectivity index (χ3v) is 6.12. The molecular formula is C24H25N3O3S. The summed E-state index contributed by atoms with van der Waals surface area (Å²) in [7, 11) is 0. The first-order valence-electron chi connectivity index (χ1n) is 10.4. The van der Waals surface area contributed by atoms with Crippen LogP contribution in [0.5, 0.6) is 0 Å². The van der Waals surface area contributed by atoms with Crippen molar-refractivity contribution in [1.82, 2.24) is 10.3 Å². The summed E-state index contributed by atoms with van der Waals surface area (Å²) < 4.78 is 5.65. The fourth-order valence-corrected chi connectivity index (χ4v) is 4.45. The van der Waals surface area contributed by atoms with Gasteiger partial charge >= 0.3 is 0 Å². The Bertz CT molecular complexity index is 974. The van der Waals surface area contributed by atoms with Crippen molar-refractivity contribution in [1.29, 1.82) is 0 Å². The van der Waals surface area contributed by atoms with Gasteiger partial charge in [0.15, 0.2) is 0 Å². The van der Waals surface area contributed by atoms with Crippen LogP contribution in [0.4, 0.5) is 5.69 Å². The average Bonchev–Trinajstić information content (AvgIpc) is 3.51. The molecule has 6 nitrogen and oxygen atoms in total. The van der Waals surface area contributed by atoms with Gasteiger partial charge in [-0.15, -0.1) is 11.3 Å². The Kier molecular flexibility index (Phi) is 7.07. The Balaban J connectivity index is 1.66. The van der Waals surface area contributed by atoms with Gasteiger partial charge < -0.3 is 10.1 Å². The number of ether oxygens (including phenoxy) is 1. The number of aromatic nitrogens is 1. The number of hydrogen-bond acceptors (Lipinski definition) is 5. The molecule has 0 aliphatic carbocycles. The van der Waals surface area contributed by atoms with E-state index in [1.807, 2.05) is 53.9 Å². The molecule has 1 aliphatic rings. The number of nitrogens with zero attached hydrogens (tertiary/aromatic N) is 2. The van der Waals surface area contributed by atoms with Gasteiger partial charge in [0, 0.05) is 24.2 Å². The summed E-state index contributed by atoms with van der Waals surface area (Å²) in [5.74, 6) is -0.387. The summed E-state index contributed by atoms with van der Waals surface area (Å²) in [6.07, 6.45) is 5.45. The smallest absolute Gasteiger partial charge is 0.247 e. The van der Waals surface area contributed by atoms with Crippen LogP contribution in [-0.4, -0.2) is 36.1 Å². The fraction of sp³-hybridized carbons (Fsp3) is 0.292. The number of anilines is 1. The van der Waals surface area contributed by atoms with E-state index in [0.29, 0.717) is 12.2 Å². The second kappa shape index (κ2) is 10.3. The van der Waals surface area contributed by atoms with Crippen molar-refractivity contribution in [2.75, 3.05) is 18.1 Å². The maximum absolute atomic E-state index is 13.5. The molecule has 1 aromatic carbocycles. The third-order valence-electron chi connectivity index (χ3n) is 5.25. The average molecular weight is 436 g/mol. The van der Waals surface area contributed by atoms with Crippen LogP contribution >= 0.6 is 11.3 Å². The normalized spacial score (nSPS) is 16.6. The highest BCUT2D eigenvalue weighted by Gasteiger charge is 2.33. The molecule has 1 fully saturated rings. The van der Waals surface area contributed by atoms with E-state index in [0.717, 1.165) is 29.9 Å². The van der Waals surface area contributed by atoms with Crippen molar-refractivity contribution in [3.8, 4) is 0 Å². The zero-order valence-corrected chi connectivity index (χ0v) is 18.0. The molecule has 2 atom stereocenters. The fourth-order valence-electron chi connectivity index (χ4n) is 3.75. The van der Waals surface area contributed by atoms with Crippen LogP contribution in [0, 0.1) is 0 Å².